The number of rotatable bonds is 7. The maximum absolute atomic E-state index is 5.35. The van der Waals surface area contributed by atoms with Gasteiger partial charge in [0, 0.05) is 6.54 Å². The molecule has 0 aromatic carbocycles. The second kappa shape index (κ2) is 6.13. The lowest BCUT2D eigenvalue weighted by atomic mass is 10.2. The lowest BCUT2D eigenvalue weighted by Gasteiger charge is -1.98. The third-order valence-corrected chi connectivity index (χ3v) is 2.11. The van der Waals surface area contributed by atoms with Crippen LogP contribution in [0.1, 0.15) is 26.2 Å². The molecular weight excluding hydrogens is 164 g/mol. The van der Waals surface area contributed by atoms with Crippen molar-refractivity contribution in [2.75, 3.05) is 13.1 Å². The summed E-state index contributed by atoms with van der Waals surface area (Å²) in [6.07, 6.45) is 8.29. The van der Waals surface area contributed by atoms with Crippen molar-refractivity contribution in [2.45, 2.75) is 38.5 Å². The Labute approximate surface area is 80.3 Å². The van der Waals surface area contributed by atoms with E-state index in [2.05, 4.69) is 12.2 Å². The summed E-state index contributed by atoms with van der Waals surface area (Å²) in [5.74, 6) is 0. The predicted molar refractivity (Wildman–Crippen MR) is 54.4 cm³/mol. The number of ether oxygens (including phenoxy) is 1. The van der Waals surface area contributed by atoms with Crippen LogP contribution in [-0.2, 0) is 4.74 Å². The van der Waals surface area contributed by atoms with Crippen molar-refractivity contribution >= 4 is 0 Å². The summed E-state index contributed by atoms with van der Waals surface area (Å²) in [6, 6.07) is 0. The average molecular weight is 184 g/mol. The van der Waals surface area contributed by atoms with E-state index in [0.717, 1.165) is 6.54 Å². The average Bonchev–Trinajstić information content (AvgIpc) is 2.88. The first kappa shape index (κ1) is 10.7. The van der Waals surface area contributed by atoms with Crippen molar-refractivity contribution in [1.29, 1.82) is 0 Å². The maximum Gasteiger partial charge on any atom is 0.139 e. The minimum absolute atomic E-state index is 0.250. The number of nitrogens with two attached hydrogens (primary N) is 1. The molecule has 1 heterocycles. The molecule has 0 aromatic heterocycles. The Bertz CT molecular complexity index is 159. The smallest absolute Gasteiger partial charge is 0.139 e. The molecule has 1 saturated heterocycles. The predicted octanol–water partition coefficient (Wildman–Crippen LogP) is 1.01. The summed E-state index contributed by atoms with van der Waals surface area (Å²) in [5.41, 5.74) is 5.33. The first-order valence-electron chi connectivity index (χ1n) is 5.14. The molecule has 3 heteroatoms. The van der Waals surface area contributed by atoms with Crippen molar-refractivity contribution in [2.24, 2.45) is 5.73 Å². The van der Waals surface area contributed by atoms with Gasteiger partial charge in [-0.15, -0.1) is 0 Å². The number of epoxide rings is 1. The number of unbranched alkanes of at least 4 members (excludes halogenated alkanes) is 2. The Kier molecular flexibility index (Phi) is 5.05. The molecule has 0 saturated carbocycles. The Hall–Kier alpha value is -0.380. The first-order valence-corrected chi connectivity index (χ1v) is 5.14. The molecule has 0 radical (unpaired) electrons. The summed E-state index contributed by atoms with van der Waals surface area (Å²) >= 11 is 0. The molecule has 0 spiro atoms. The maximum atomic E-state index is 5.35. The molecule has 3 N–H and O–H groups in total. The van der Waals surface area contributed by atoms with Gasteiger partial charge < -0.3 is 10.5 Å². The van der Waals surface area contributed by atoms with Gasteiger partial charge in [-0.1, -0.05) is 31.9 Å². The van der Waals surface area contributed by atoms with Gasteiger partial charge in [-0.2, -0.15) is 0 Å². The monoisotopic (exact) mass is 184 g/mol. The van der Waals surface area contributed by atoms with Gasteiger partial charge in [-0.05, 0) is 13.0 Å². The largest absolute Gasteiger partial charge is 0.349 e. The Balaban J connectivity index is 1.92. The zero-order chi connectivity index (χ0) is 9.52. The lowest BCUT2D eigenvalue weighted by molar-refractivity contribution is 0.355. The highest BCUT2D eigenvalue weighted by molar-refractivity contribution is 5.01. The van der Waals surface area contributed by atoms with Crippen LogP contribution in [0.15, 0.2) is 12.2 Å². The van der Waals surface area contributed by atoms with Gasteiger partial charge >= 0.3 is 0 Å². The zero-order valence-electron chi connectivity index (χ0n) is 8.33. The summed E-state index contributed by atoms with van der Waals surface area (Å²) in [6.45, 7) is 3.87. The molecule has 1 rings (SSSR count). The van der Waals surface area contributed by atoms with Crippen molar-refractivity contribution in [3.8, 4) is 0 Å². The molecule has 2 atom stereocenters. The van der Waals surface area contributed by atoms with Crippen molar-refractivity contribution < 1.29 is 4.74 Å². The van der Waals surface area contributed by atoms with E-state index in [1.807, 2.05) is 12.2 Å². The standard InChI is InChI=1S/C10H20N2O/c1-2-3-4-8-12-10-9(13-10)6-5-7-11/h5-6,9-10,12H,2-4,7-8,11H2,1H3/b6-5+. The van der Waals surface area contributed by atoms with E-state index in [4.69, 9.17) is 10.5 Å². The van der Waals surface area contributed by atoms with E-state index in [-0.39, 0.29) is 12.3 Å². The fraction of sp³-hybridized carbons (Fsp3) is 0.800. The third-order valence-electron chi connectivity index (χ3n) is 2.11. The second-order valence-electron chi connectivity index (χ2n) is 3.35. The van der Waals surface area contributed by atoms with Crippen LogP contribution < -0.4 is 11.1 Å². The zero-order valence-corrected chi connectivity index (χ0v) is 8.33. The summed E-state index contributed by atoms with van der Waals surface area (Å²) in [7, 11) is 0. The Morgan fingerprint density at radius 3 is 3.00 bits per heavy atom. The second-order valence-corrected chi connectivity index (χ2v) is 3.35. The third kappa shape index (κ3) is 4.41. The van der Waals surface area contributed by atoms with Crippen LogP contribution in [0.5, 0.6) is 0 Å². The number of hydrogen-bond acceptors (Lipinski definition) is 3. The Morgan fingerprint density at radius 1 is 1.46 bits per heavy atom. The van der Waals surface area contributed by atoms with E-state index >= 15 is 0 Å². The van der Waals surface area contributed by atoms with Crippen LogP contribution in [0.2, 0.25) is 0 Å². The molecule has 0 aromatic rings. The van der Waals surface area contributed by atoms with Crippen molar-refractivity contribution in [3.05, 3.63) is 12.2 Å². The van der Waals surface area contributed by atoms with Crippen LogP contribution >= 0.6 is 0 Å². The lowest BCUT2D eigenvalue weighted by Crippen LogP contribution is -2.20. The molecule has 0 amide bonds. The van der Waals surface area contributed by atoms with Gasteiger partial charge in [0.05, 0.1) is 0 Å². The SMILES string of the molecule is CCCCCNC1OC1/C=C/CN. The topological polar surface area (TPSA) is 50.6 Å². The highest BCUT2D eigenvalue weighted by Crippen LogP contribution is 2.20. The van der Waals surface area contributed by atoms with Gasteiger partial charge in [0.1, 0.15) is 12.3 Å². The minimum atomic E-state index is 0.250. The molecule has 3 nitrogen and oxygen atoms in total. The van der Waals surface area contributed by atoms with E-state index < -0.39 is 0 Å². The molecule has 13 heavy (non-hydrogen) atoms. The van der Waals surface area contributed by atoms with Crippen LogP contribution in [0.25, 0.3) is 0 Å². The molecular formula is C10H20N2O. The van der Waals surface area contributed by atoms with Gasteiger partial charge in [0.2, 0.25) is 0 Å². The minimum Gasteiger partial charge on any atom is -0.349 e. The van der Waals surface area contributed by atoms with Gasteiger partial charge in [0.25, 0.3) is 0 Å². The fourth-order valence-corrected chi connectivity index (χ4v) is 1.27. The molecule has 1 fully saturated rings. The number of hydrogen-bond donors (Lipinski definition) is 2. The molecule has 1 aliphatic heterocycles. The van der Waals surface area contributed by atoms with Crippen LogP contribution in [0, 0.1) is 0 Å². The first-order chi connectivity index (χ1) is 6.38. The highest BCUT2D eigenvalue weighted by Gasteiger charge is 2.35. The molecule has 1 aliphatic rings. The fourth-order valence-electron chi connectivity index (χ4n) is 1.27. The van der Waals surface area contributed by atoms with Gasteiger partial charge in [0.15, 0.2) is 0 Å². The normalized spacial score (nSPS) is 26.9. The molecule has 0 aliphatic carbocycles. The van der Waals surface area contributed by atoms with Crippen LogP contribution in [0.3, 0.4) is 0 Å². The molecule has 0 bridgehead atoms. The Morgan fingerprint density at radius 2 is 2.31 bits per heavy atom. The van der Waals surface area contributed by atoms with E-state index in [0.29, 0.717) is 6.54 Å². The summed E-state index contributed by atoms with van der Waals surface area (Å²) in [5, 5.41) is 3.34. The van der Waals surface area contributed by atoms with Crippen LogP contribution in [0.4, 0.5) is 0 Å². The van der Waals surface area contributed by atoms with E-state index in [9.17, 15) is 0 Å². The van der Waals surface area contributed by atoms with Crippen molar-refractivity contribution in [3.63, 3.8) is 0 Å². The molecule has 2 unspecified atom stereocenters. The molecule has 76 valence electrons. The van der Waals surface area contributed by atoms with Crippen LogP contribution in [-0.4, -0.2) is 25.4 Å². The number of nitrogens with one attached hydrogen (secondary N) is 1. The van der Waals surface area contributed by atoms with E-state index in [1.54, 1.807) is 0 Å². The highest BCUT2D eigenvalue weighted by atomic mass is 16.6. The quantitative estimate of drug-likeness (QED) is 0.352. The summed E-state index contributed by atoms with van der Waals surface area (Å²) < 4.78 is 5.35. The summed E-state index contributed by atoms with van der Waals surface area (Å²) in [4.78, 5) is 0. The van der Waals surface area contributed by atoms with E-state index in [1.165, 1.54) is 19.3 Å². The van der Waals surface area contributed by atoms with Gasteiger partial charge in [-0.3, -0.25) is 5.32 Å². The van der Waals surface area contributed by atoms with Gasteiger partial charge in [-0.25, -0.2) is 0 Å². The van der Waals surface area contributed by atoms with Crippen molar-refractivity contribution in [1.82, 2.24) is 5.32 Å².